The molecule has 1 fully saturated rings. The zero-order valence-electron chi connectivity index (χ0n) is 12.9. The zero-order chi connectivity index (χ0) is 17.4. The molecule has 8 nitrogen and oxygen atoms in total. The largest absolute Gasteiger partial charge is 0.543 e. The number of nitrogens with zero attached hydrogens (tertiary/aromatic N) is 2. The number of thioether (sulfide) groups is 1. The van der Waals surface area contributed by atoms with E-state index in [0.717, 1.165) is 0 Å². The third-order valence-corrected chi connectivity index (χ3v) is 5.04. The van der Waals surface area contributed by atoms with Crippen LogP contribution in [0, 0.1) is 0 Å². The Morgan fingerprint density at radius 2 is 2.17 bits per heavy atom. The van der Waals surface area contributed by atoms with Gasteiger partial charge in [-0.05, 0) is 11.6 Å². The minimum Gasteiger partial charge on any atom is -0.543 e. The quantitative estimate of drug-likeness (QED) is 0.421. The first kappa shape index (κ1) is 17.5. The number of fused-ring (bicyclic) bond motifs is 1. The number of carboxylic acids is 2. The molecule has 1 saturated heterocycles. The Bertz CT molecular complexity index is 614. The Morgan fingerprint density at radius 3 is 2.74 bits per heavy atom. The van der Waals surface area contributed by atoms with Crippen LogP contribution in [0.5, 0.6) is 0 Å². The number of hydrogen-bond acceptors (Lipinski definition) is 6. The number of β-lactam (4-membered cyclic amide) rings is 1. The van der Waals surface area contributed by atoms with E-state index in [4.69, 9.17) is 10.8 Å². The maximum Gasteiger partial charge on any atom is 0.359 e. The van der Waals surface area contributed by atoms with Crippen LogP contribution in [0.2, 0.25) is 0 Å². The molecule has 0 saturated carbocycles. The van der Waals surface area contributed by atoms with Gasteiger partial charge in [-0.1, -0.05) is 6.08 Å². The summed E-state index contributed by atoms with van der Waals surface area (Å²) in [6.07, 6.45) is 3.33. The first-order chi connectivity index (χ1) is 10.6. The number of hydrogen-bond donors (Lipinski definition) is 2. The van der Waals surface area contributed by atoms with Gasteiger partial charge in [0.05, 0.1) is 32.3 Å². The normalized spacial score (nSPS) is 24.7. The van der Waals surface area contributed by atoms with E-state index in [1.54, 1.807) is 26.2 Å². The van der Waals surface area contributed by atoms with Crippen molar-refractivity contribution in [1.82, 2.24) is 4.90 Å². The molecule has 2 aliphatic heterocycles. The summed E-state index contributed by atoms with van der Waals surface area (Å²) in [4.78, 5) is 35.1. The van der Waals surface area contributed by atoms with Crippen LogP contribution in [-0.2, 0) is 14.4 Å². The van der Waals surface area contributed by atoms with E-state index in [9.17, 15) is 19.5 Å². The van der Waals surface area contributed by atoms with Crippen LogP contribution < -0.4 is 10.8 Å². The van der Waals surface area contributed by atoms with Gasteiger partial charge in [-0.3, -0.25) is 9.69 Å². The summed E-state index contributed by atoms with van der Waals surface area (Å²) >= 11 is 1.40. The van der Waals surface area contributed by atoms with E-state index in [1.165, 1.54) is 16.7 Å². The van der Waals surface area contributed by atoms with Crippen molar-refractivity contribution < 1.29 is 29.1 Å². The van der Waals surface area contributed by atoms with Crippen LogP contribution in [0.1, 0.15) is 0 Å². The number of carbonyl (C=O) groups excluding carboxylic acids is 2. The van der Waals surface area contributed by atoms with E-state index in [-0.39, 0.29) is 22.1 Å². The Kier molecular flexibility index (Phi) is 4.83. The fourth-order valence-corrected chi connectivity index (χ4v) is 3.83. The summed E-state index contributed by atoms with van der Waals surface area (Å²) in [5, 5.41) is 19.9. The van der Waals surface area contributed by atoms with Gasteiger partial charge in [-0.25, -0.2) is 4.79 Å². The second kappa shape index (κ2) is 6.34. The van der Waals surface area contributed by atoms with Crippen molar-refractivity contribution in [1.29, 1.82) is 0 Å². The molecular formula is C14H19N3O5S. The van der Waals surface area contributed by atoms with Gasteiger partial charge >= 0.3 is 5.97 Å². The zero-order valence-corrected chi connectivity index (χ0v) is 13.7. The number of allylic oxidation sites excluding steroid dienone is 1. The molecule has 2 atom stereocenters. The summed E-state index contributed by atoms with van der Waals surface area (Å²) in [6.45, 7) is 0.366. The second-order valence-corrected chi connectivity index (χ2v) is 7.27. The SMILES string of the molecule is C[N+](C)(C/C=C/C1=C(C(=O)[O-])N2C(=O)[C@@H](N)[C@H]2SC1)CC(=O)O. The van der Waals surface area contributed by atoms with Crippen LogP contribution in [0.4, 0.5) is 0 Å². The summed E-state index contributed by atoms with van der Waals surface area (Å²) in [5.74, 6) is -2.33. The highest BCUT2D eigenvalue weighted by molar-refractivity contribution is 8.00. The molecule has 0 bridgehead atoms. The molecule has 0 spiro atoms. The van der Waals surface area contributed by atoms with Gasteiger partial charge < -0.3 is 25.2 Å². The summed E-state index contributed by atoms with van der Waals surface area (Å²) in [6, 6.07) is -0.675. The second-order valence-electron chi connectivity index (χ2n) is 6.17. The summed E-state index contributed by atoms with van der Waals surface area (Å²) in [7, 11) is 3.52. The number of carboxylic acid groups (broad SMARTS) is 2. The number of rotatable bonds is 6. The highest BCUT2D eigenvalue weighted by Gasteiger charge is 2.49. The molecule has 126 valence electrons. The topological polar surface area (TPSA) is 124 Å². The Morgan fingerprint density at radius 1 is 1.52 bits per heavy atom. The van der Waals surface area contributed by atoms with Gasteiger partial charge in [0.1, 0.15) is 11.4 Å². The third kappa shape index (κ3) is 3.57. The van der Waals surface area contributed by atoms with Crippen molar-refractivity contribution in [3.63, 3.8) is 0 Å². The molecule has 2 aliphatic rings. The van der Waals surface area contributed by atoms with Crippen molar-refractivity contribution in [2.75, 3.05) is 32.9 Å². The first-order valence-corrected chi connectivity index (χ1v) is 8.04. The monoisotopic (exact) mass is 341 g/mol. The van der Waals surface area contributed by atoms with Gasteiger partial charge in [-0.2, -0.15) is 0 Å². The predicted octanol–water partition coefficient (Wildman–Crippen LogP) is -2.05. The molecule has 3 N–H and O–H groups in total. The van der Waals surface area contributed by atoms with Crippen LogP contribution in [0.3, 0.4) is 0 Å². The standard InChI is InChI=1S/C14H19N3O5S/c1-17(2,6-9(18)19)5-3-4-8-7-23-13-10(15)12(20)16(13)11(8)14(21)22/h3-4,10,13H,5-7,15H2,1-2H3,(H-,18,19,21,22)/b4-3+/t10-,13-/m1/s1. The highest BCUT2D eigenvalue weighted by Crippen LogP contribution is 2.39. The summed E-state index contributed by atoms with van der Waals surface area (Å²) < 4.78 is 0.225. The summed E-state index contributed by atoms with van der Waals surface area (Å²) in [5.41, 5.74) is 6.00. The predicted molar refractivity (Wildman–Crippen MR) is 81.7 cm³/mol. The van der Waals surface area contributed by atoms with Gasteiger partial charge in [0, 0.05) is 5.75 Å². The number of nitrogens with two attached hydrogens (primary N) is 1. The molecule has 0 aliphatic carbocycles. The molecule has 2 heterocycles. The van der Waals surface area contributed by atoms with Crippen molar-refractivity contribution in [3.8, 4) is 0 Å². The Balaban J connectivity index is 2.16. The number of aliphatic carboxylic acids is 2. The van der Waals surface area contributed by atoms with Crippen LogP contribution >= 0.6 is 11.8 Å². The minimum atomic E-state index is -1.41. The van der Waals surface area contributed by atoms with Crippen LogP contribution in [-0.4, -0.2) is 76.7 Å². The van der Waals surface area contributed by atoms with E-state index >= 15 is 0 Å². The smallest absolute Gasteiger partial charge is 0.359 e. The molecular weight excluding hydrogens is 322 g/mol. The molecule has 9 heteroatoms. The number of amides is 1. The molecule has 1 amide bonds. The van der Waals surface area contributed by atoms with Crippen molar-refractivity contribution in [2.45, 2.75) is 11.4 Å². The lowest BCUT2D eigenvalue weighted by atomic mass is 10.0. The Hall–Kier alpha value is -1.84. The molecule has 0 radical (unpaired) electrons. The minimum absolute atomic E-state index is 0.0486. The van der Waals surface area contributed by atoms with Gasteiger partial charge in [0.15, 0.2) is 6.54 Å². The fraction of sp³-hybridized carbons (Fsp3) is 0.500. The molecule has 2 rings (SSSR count). The van der Waals surface area contributed by atoms with Crippen LogP contribution in [0.15, 0.2) is 23.4 Å². The maximum absolute atomic E-state index is 11.8. The lowest BCUT2D eigenvalue weighted by Crippen LogP contribution is -2.69. The molecule has 0 unspecified atom stereocenters. The lowest BCUT2D eigenvalue weighted by molar-refractivity contribution is -0.877. The van der Waals surface area contributed by atoms with E-state index in [1.807, 2.05) is 0 Å². The maximum atomic E-state index is 11.8. The number of quaternary nitrogens is 1. The van der Waals surface area contributed by atoms with Gasteiger partial charge in [0.2, 0.25) is 5.91 Å². The van der Waals surface area contributed by atoms with E-state index in [0.29, 0.717) is 17.9 Å². The fourth-order valence-electron chi connectivity index (χ4n) is 2.57. The Labute approximate surface area is 137 Å². The number of likely N-dealkylation sites (N-methyl/N-ethyl adjacent to an activating group) is 1. The average Bonchev–Trinajstić information content (AvgIpc) is 2.43. The van der Waals surface area contributed by atoms with E-state index < -0.39 is 23.9 Å². The van der Waals surface area contributed by atoms with Gasteiger partial charge in [0.25, 0.3) is 0 Å². The van der Waals surface area contributed by atoms with Gasteiger partial charge in [-0.15, -0.1) is 11.8 Å². The van der Waals surface area contributed by atoms with Crippen molar-refractivity contribution >= 4 is 29.6 Å². The molecule has 0 aromatic rings. The highest BCUT2D eigenvalue weighted by atomic mass is 32.2. The molecule has 0 aromatic heterocycles. The third-order valence-electron chi connectivity index (χ3n) is 3.71. The van der Waals surface area contributed by atoms with E-state index in [2.05, 4.69) is 0 Å². The average molecular weight is 341 g/mol. The molecule has 0 aromatic carbocycles. The van der Waals surface area contributed by atoms with Crippen LogP contribution in [0.25, 0.3) is 0 Å². The number of carbonyl (C=O) groups is 3. The first-order valence-electron chi connectivity index (χ1n) is 6.99. The molecule has 23 heavy (non-hydrogen) atoms. The van der Waals surface area contributed by atoms with Crippen molar-refractivity contribution in [2.24, 2.45) is 5.73 Å². The lowest BCUT2D eigenvalue weighted by Gasteiger charge is -2.49. The van der Waals surface area contributed by atoms with Crippen molar-refractivity contribution in [3.05, 3.63) is 23.4 Å².